The average molecular weight is 285 g/mol. The first-order chi connectivity index (χ1) is 9.42. The third kappa shape index (κ3) is 2.84. The number of aryl methyl sites for hydroxylation is 3. The molecule has 0 saturated heterocycles. The molecule has 2 nitrogen and oxygen atoms in total. The lowest BCUT2D eigenvalue weighted by molar-refractivity contribution is 1.04. The molecule has 20 heavy (non-hydrogen) atoms. The van der Waals surface area contributed by atoms with E-state index in [1.165, 1.54) is 16.7 Å². The van der Waals surface area contributed by atoms with Gasteiger partial charge < -0.3 is 0 Å². The van der Waals surface area contributed by atoms with Crippen LogP contribution in [0.15, 0.2) is 18.2 Å². The second-order valence-electron chi connectivity index (χ2n) is 5.25. The summed E-state index contributed by atoms with van der Waals surface area (Å²) in [6.45, 7) is 8.07. The highest BCUT2D eigenvalue weighted by Crippen LogP contribution is 2.25. The Morgan fingerprint density at radius 3 is 2.25 bits per heavy atom. The van der Waals surface area contributed by atoms with Crippen molar-refractivity contribution in [3.63, 3.8) is 0 Å². The Bertz CT molecular complexity index is 692. The highest BCUT2D eigenvalue weighted by molar-refractivity contribution is 6.30. The number of halogens is 1. The second-order valence-corrected chi connectivity index (χ2v) is 5.61. The summed E-state index contributed by atoms with van der Waals surface area (Å²) in [6, 6.07) is 8.65. The van der Waals surface area contributed by atoms with Crippen molar-refractivity contribution in [2.45, 2.75) is 34.1 Å². The van der Waals surface area contributed by atoms with Crippen molar-refractivity contribution < 1.29 is 0 Å². The molecule has 1 aromatic heterocycles. The van der Waals surface area contributed by atoms with E-state index in [0.717, 1.165) is 23.2 Å². The highest BCUT2D eigenvalue weighted by atomic mass is 35.5. The van der Waals surface area contributed by atoms with Crippen molar-refractivity contribution in [1.29, 1.82) is 5.26 Å². The van der Waals surface area contributed by atoms with Crippen molar-refractivity contribution >= 4 is 11.6 Å². The van der Waals surface area contributed by atoms with Crippen molar-refractivity contribution in [3.05, 3.63) is 62.4 Å². The summed E-state index contributed by atoms with van der Waals surface area (Å²) >= 11 is 6.03. The van der Waals surface area contributed by atoms with Crippen LogP contribution < -0.4 is 0 Å². The first-order valence-electron chi connectivity index (χ1n) is 6.55. The molecule has 0 radical (unpaired) electrons. The normalized spacial score (nSPS) is 10.4. The maximum absolute atomic E-state index is 9.19. The van der Waals surface area contributed by atoms with Gasteiger partial charge in [0.25, 0.3) is 0 Å². The minimum atomic E-state index is 0.298. The lowest BCUT2D eigenvalue weighted by atomic mass is 9.95. The van der Waals surface area contributed by atoms with E-state index < -0.39 is 0 Å². The zero-order valence-corrected chi connectivity index (χ0v) is 13.0. The van der Waals surface area contributed by atoms with Crippen LogP contribution in [0.3, 0.4) is 0 Å². The van der Waals surface area contributed by atoms with Gasteiger partial charge in [-0.3, -0.25) is 0 Å². The summed E-state index contributed by atoms with van der Waals surface area (Å²) in [7, 11) is 0. The van der Waals surface area contributed by atoms with Gasteiger partial charge in [-0.1, -0.05) is 40.9 Å². The number of nitriles is 1. The van der Waals surface area contributed by atoms with Gasteiger partial charge >= 0.3 is 0 Å². The van der Waals surface area contributed by atoms with Gasteiger partial charge in [-0.2, -0.15) is 5.26 Å². The van der Waals surface area contributed by atoms with Crippen LogP contribution in [0.5, 0.6) is 0 Å². The third-order valence-electron chi connectivity index (χ3n) is 3.51. The van der Waals surface area contributed by atoms with Crippen LogP contribution in [0.25, 0.3) is 0 Å². The average Bonchev–Trinajstić information content (AvgIpc) is 2.33. The van der Waals surface area contributed by atoms with Crippen LogP contribution in [-0.2, 0) is 6.42 Å². The largest absolute Gasteiger partial charge is 0.240 e. The zero-order chi connectivity index (χ0) is 14.9. The van der Waals surface area contributed by atoms with Crippen molar-refractivity contribution in [3.8, 4) is 6.07 Å². The van der Waals surface area contributed by atoms with Gasteiger partial charge in [0, 0.05) is 5.69 Å². The van der Waals surface area contributed by atoms with Gasteiger partial charge in [-0.05, 0) is 50.8 Å². The van der Waals surface area contributed by atoms with E-state index >= 15 is 0 Å². The van der Waals surface area contributed by atoms with Crippen molar-refractivity contribution in [2.75, 3.05) is 0 Å². The summed E-state index contributed by atoms with van der Waals surface area (Å²) < 4.78 is 0. The molecule has 0 bridgehead atoms. The number of rotatable bonds is 2. The Morgan fingerprint density at radius 2 is 1.70 bits per heavy atom. The van der Waals surface area contributed by atoms with Crippen LogP contribution in [0.4, 0.5) is 0 Å². The molecule has 0 fully saturated rings. The van der Waals surface area contributed by atoms with Crippen LogP contribution in [0.2, 0.25) is 5.15 Å². The van der Waals surface area contributed by atoms with Gasteiger partial charge in [0.2, 0.25) is 0 Å². The molecular weight excluding hydrogens is 268 g/mol. The zero-order valence-electron chi connectivity index (χ0n) is 12.2. The van der Waals surface area contributed by atoms with E-state index in [4.69, 9.17) is 11.6 Å². The number of benzene rings is 1. The van der Waals surface area contributed by atoms with Crippen molar-refractivity contribution in [2.24, 2.45) is 0 Å². The molecule has 3 heteroatoms. The minimum Gasteiger partial charge on any atom is -0.240 e. The molecule has 0 aliphatic rings. The molecule has 0 N–H and O–H groups in total. The van der Waals surface area contributed by atoms with Gasteiger partial charge in [0.1, 0.15) is 11.2 Å². The van der Waals surface area contributed by atoms with Gasteiger partial charge in [-0.15, -0.1) is 0 Å². The van der Waals surface area contributed by atoms with E-state index in [-0.39, 0.29) is 0 Å². The topological polar surface area (TPSA) is 36.7 Å². The summed E-state index contributed by atoms with van der Waals surface area (Å²) in [5, 5.41) is 9.49. The molecule has 0 aliphatic heterocycles. The fraction of sp³-hybridized carbons (Fsp3) is 0.294. The monoisotopic (exact) mass is 284 g/mol. The smallest absolute Gasteiger partial charge is 0.147 e. The van der Waals surface area contributed by atoms with E-state index in [1.807, 2.05) is 13.8 Å². The lowest BCUT2D eigenvalue weighted by Crippen LogP contribution is -2.03. The number of pyridine rings is 1. The molecule has 0 aliphatic carbocycles. The Labute approximate surface area is 125 Å². The SMILES string of the molecule is Cc1cc(C)cc(Cc2c(C)nc(Cl)c(C#N)c2C)c1. The highest BCUT2D eigenvalue weighted by Gasteiger charge is 2.14. The Hall–Kier alpha value is -1.85. The molecule has 2 aromatic rings. The maximum atomic E-state index is 9.19. The fourth-order valence-electron chi connectivity index (χ4n) is 2.61. The minimum absolute atomic E-state index is 0.298. The molecule has 1 aromatic carbocycles. The number of hydrogen-bond donors (Lipinski definition) is 0. The maximum Gasteiger partial charge on any atom is 0.147 e. The molecule has 2 rings (SSSR count). The van der Waals surface area contributed by atoms with Gasteiger partial charge in [0.15, 0.2) is 0 Å². The Kier molecular flexibility index (Phi) is 4.11. The molecular formula is C17H17ClN2. The number of nitrogens with zero attached hydrogens (tertiary/aromatic N) is 2. The summed E-state index contributed by atoms with van der Waals surface area (Å²) in [5.41, 5.74) is 7.14. The molecule has 0 saturated carbocycles. The summed E-state index contributed by atoms with van der Waals surface area (Å²) in [4.78, 5) is 4.29. The first kappa shape index (κ1) is 14.6. The Balaban J connectivity index is 2.51. The summed E-state index contributed by atoms with van der Waals surface area (Å²) in [6.07, 6.45) is 0.777. The number of aromatic nitrogens is 1. The Morgan fingerprint density at radius 1 is 1.10 bits per heavy atom. The molecule has 0 atom stereocenters. The fourth-order valence-corrected chi connectivity index (χ4v) is 2.92. The lowest BCUT2D eigenvalue weighted by Gasteiger charge is -2.13. The van der Waals surface area contributed by atoms with Crippen molar-refractivity contribution in [1.82, 2.24) is 4.98 Å². The van der Waals surface area contributed by atoms with E-state index in [0.29, 0.717) is 10.7 Å². The van der Waals surface area contributed by atoms with Crippen LogP contribution in [0, 0.1) is 39.0 Å². The molecule has 0 amide bonds. The summed E-state index contributed by atoms with van der Waals surface area (Å²) in [5.74, 6) is 0. The predicted octanol–water partition coefficient (Wildman–Crippen LogP) is 4.43. The molecule has 0 unspecified atom stereocenters. The van der Waals surface area contributed by atoms with Gasteiger partial charge in [-0.25, -0.2) is 4.98 Å². The van der Waals surface area contributed by atoms with E-state index in [1.54, 1.807) is 0 Å². The number of hydrogen-bond acceptors (Lipinski definition) is 2. The van der Waals surface area contributed by atoms with Crippen LogP contribution in [0.1, 0.15) is 39.1 Å². The van der Waals surface area contributed by atoms with E-state index in [2.05, 4.69) is 43.1 Å². The van der Waals surface area contributed by atoms with Crippen LogP contribution in [-0.4, -0.2) is 4.98 Å². The van der Waals surface area contributed by atoms with Gasteiger partial charge in [0.05, 0.1) is 5.56 Å². The quantitative estimate of drug-likeness (QED) is 0.765. The molecule has 1 heterocycles. The third-order valence-corrected chi connectivity index (χ3v) is 3.78. The first-order valence-corrected chi connectivity index (χ1v) is 6.93. The second kappa shape index (κ2) is 5.64. The molecule has 102 valence electrons. The van der Waals surface area contributed by atoms with Crippen LogP contribution >= 0.6 is 11.6 Å². The predicted molar refractivity (Wildman–Crippen MR) is 82.2 cm³/mol. The standard InChI is InChI=1S/C17H17ClN2/c1-10-5-11(2)7-14(6-10)8-15-12(3)16(9-19)17(18)20-13(15)4/h5-7H,8H2,1-4H3. The molecule has 0 spiro atoms. The van der Waals surface area contributed by atoms with E-state index in [9.17, 15) is 5.26 Å².